The maximum Gasteiger partial charge on any atom is 0.247 e. The lowest BCUT2D eigenvalue weighted by Crippen LogP contribution is -2.60. The topological polar surface area (TPSA) is 66.0 Å². The molecular formula is C20H26N4O. The first-order chi connectivity index (χ1) is 12.2. The minimum Gasteiger partial charge on any atom is -0.309 e. The summed E-state index contributed by atoms with van der Waals surface area (Å²) in [4.78, 5) is 17.2. The number of hydrazine groups is 1. The number of benzene rings is 1. The molecule has 25 heavy (non-hydrogen) atoms. The lowest BCUT2D eigenvalue weighted by atomic mass is 9.81. The van der Waals surface area contributed by atoms with Gasteiger partial charge in [-0.3, -0.25) is 4.79 Å². The van der Waals surface area contributed by atoms with Crippen LogP contribution in [0.2, 0.25) is 0 Å². The molecule has 0 aliphatic heterocycles. The summed E-state index contributed by atoms with van der Waals surface area (Å²) in [6, 6.07) is 15.9. The lowest BCUT2D eigenvalue weighted by molar-refractivity contribution is -0.124. The Balaban J connectivity index is 1.69. The fourth-order valence-corrected chi connectivity index (χ4v) is 3.31. The molecule has 1 aliphatic carbocycles. The van der Waals surface area contributed by atoms with Gasteiger partial charge in [0.25, 0.3) is 0 Å². The number of anilines is 1. The number of rotatable bonds is 6. The number of aromatic nitrogens is 1. The van der Waals surface area contributed by atoms with Crippen molar-refractivity contribution in [1.29, 1.82) is 0 Å². The molecule has 1 atom stereocenters. The standard InChI is InChI=1S/C20H26N4O/c1-16(17-10-4-2-5-11-17)23-24-20(13-7-3-8-14-20)19(25)22-18-12-6-9-15-21-18/h2,4-6,9-12,15-16,23-24H,3,7-8,13-14H2,1H3,(H,21,22,25). The van der Waals surface area contributed by atoms with Crippen molar-refractivity contribution in [3.05, 3.63) is 60.3 Å². The van der Waals surface area contributed by atoms with Crippen LogP contribution in [0.3, 0.4) is 0 Å². The molecule has 132 valence electrons. The number of carbonyl (C=O) groups excluding carboxylic acids is 1. The van der Waals surface area contributed by atoms with Crippen LogP contribution in [-0.4, -0.2) is 16.4 Å². The van der Waals surface area contributed by atoms with Gasteiger partial charge in [-0.05, 0) is 37.5 Å². The van der Waals surface area contributed by atoms with E-state index in [0.717, 1.165) is 25.7 Å². The fraction of sp³-hybridized carbons (Fsp3) is 0.400. The summed E-state index contributed by atoms with van der Waals surface area (Å²) in [5, 5.41) is 2.96. The first kappa shape index (κ1) is 17.6. The molecule has 1 fully saturated rings. The quantitative estimate of drug-likeness (QED) is 0.704. The van der Waals surface area contributed by atoms with Gasteiger partial charge >= 0.3 is 0 Å². The van der Waals surface area contributed by atoms with Gasteiger partial charge in [0.2, 0.25) is 5.91 Å². The average molecular weight is 338 g/mol. The smallest absolute Gasteiger partial charge is 0.247 e. The lowest BCUT2D eigenvalue weighted by Gasteiger charge is -2.37. The molecule has 1 heterocycles. The molecule has 1 aromatic heterocycles. The molecule has 1 saturated carbocycles. The number of hydrogen-bond donors (Lipinski definition) is 3. The summed E-state index contributed by atoms with van der Waals surface area (Å²) >= 11 is 0. The van der Waals surface area contributed by atoms with Gasteiger partial charge in [-0.15, -0.1) is 0 Å². The number of carbonyl (C=O) groups is 1. The molecule has 5 heteroatoms. The van der Waals surface area contributed by atoms with Crippen LogP contribution < -0.4 is 16.2 Å². The van der Waals surface area contributed by atoms with Crippen molar-refractivity contribution in [3.8, 4) is 0 Å². The second-order valence-electron chi connectivity index (χ2n) is 6.71. The Bertz CT molecular complexity index is 669. The normalized spacial score (nSPS) is 17.6. The SMILES string of the molecule is CC(NNC1(C(=O)Nc2ccccn2)CCCCC1)c1ccccc1. The van der Waals surface area contributed by atoms with Crippen molar-refractivity contribution in [2.75, 3.05) is 5.32 Å². The highest BCUT2D eigenvalue weighted by atomic mass is 16.2. The van der Waals surface area contributed by atoms with E-state index in [1.807, 2.05) is 36.4 Å². The van der Waals surface area contributed by atoms with Crippen LogP contribution in [0, 0.1) is 0 Å². The summed E-state index contributed by atoms with van der Waals surface area (Å²) in [5.41, 5.74) is 7.30. The number of nitrogens with one attached hydrogen (secondary N) is 3. The van der Waals surface area contributed by atoms with Gasteiger partial charge in [0.1, 0.15) is 11.4 Å². The van der Waals surface area contributed by atoms with Gasteiger partial charge in [-0.2, -0.15) is 0 Å². The minimum atomic E-state index is -0.598. The van der Waals surface area contributed by atoms with Crippen LogP contribution >= 0.6 is 0 Å². The zero-order valence-corrected chi connectivity index (χ0v) is 14.7. The molecule has 0 saturated heterocycles. The third-order valence-electron chi connectivity index (χ3n) is 4.88. The first-order valence-electron chi connectivity index (χ1n) is 9.00. The van der Waals surface area contributed by atoms with E-state index in [-0.39, 0.29) is 11.9 Å². The zero-order valence-electron chi connectivity index (χ0n) is 14.7. The van der Waals surface area contributed by atoms with E-state index in [4.69, 9.17) is 0 Å². The van der Waals surface area contributed by atoms with Crippen molar-refractivity contribution >= 4 is 11.7 Å². The second kappa shape index (κ2) is 8.23. The molecule has 0 bridgehead atoms. The van der Waals surface area contributed by atoms with Gasteiger partial charge < -0.3 is 5.32 Å². The molecule has 5 nitrogen and oxygen atoms in total. The monoisotopic (exact) mass is 338 g/mol. The number of pyridine rings is 1. The highest BCUT2D eigenvalue weighted by Gasteiger charge is 2.39. The summed E-state index contributed by atoms with van der Waals surface area (Å²) in [6.45, 7) is 2.09. The Morgan fingerprint density at radius 2 is 1.76 bits per heavy atom. The Morgan fingerprint density at radius 1 is 1.04 bits per heavy atom. The molecule has 1 amide bonds. The molecule has 2 aromatic rings. The average Bonchev–Trinajstić information content (AvgIpc) is 2.68. The predicted octanol–water partition coefficient (Wildman–Crippen LogP) is 3.58. The zero-order chi connectivity index (χ0) is 17.5. The van der Waals surface area contributed by atoms with Crippen molar-refractivity contribution in [3.63, 3.8) is 0 Å². The van der Waals surface area contributed by atoms with Crippen molar-refractivity contribution in [2.24, 2.45) is 0 Å². The molecule has 1 aliphatic rings. The van der Waals surface area contributed by atoms with Crippen molar-refractivity contribution in [1.82, 2.24) is 15.8 Å². The molecule has 3 rings (SSSR count). The van der Waals surface area contributed by atoms with E-state index in [1.165, 1.54) is 12.0 Å². The minimum absolute atomic E-state index is 0.0151. The van der Waals surface area contributed by atoms with E-state index in [9.17, 15) is 4.79 Å². The molecular weight excluding hydrogens is 312 g/mol. The summed E-state index contributed by atoms with van der Waals surface area (Å²) < 4.78 is 0. The molecule has 1 unspecified atom stereocenters. The van der Waals surface area contributed by atoms with E-state index >= 15 is 0 Å². The van der Waals surface area contributed by atoms with E-state index in [0.29, 0.717) is 5.82 Å². The van der Waals surface area contributed by atoms with Crippen LogP contribution in [0.4, 0.5) is 5.82 Å². The van der Waals surface area contributed by atoms with Gasteiger partial charge in [0, 0.05) is 12.2 Å². The van der Waals surface area contributed by atoms with E-state index < -0.39 is 5.54 Å². The van der Waals surface area contributed by atoms with E-state index in [2.05, 4.69) is 40.2 Å². The van der Waals surface area contributed by atoms with Gasteiger partial charge in [-0.1, -0.05) is 55.7 Å². The van der Waals surface area contributed by atoms with Gasteiger partial charge in [-0.25, -0.2) is 15.8 Å². The second-order valence-corrected chi connectivity index (χ2v) is 6.71. The number of nitrogens with zero attached hydrogens (tertiary/aromatic N) is 1. The third kappa shape index (κ3) is 4.44. The summed E-state index contributed by atoms with van der Waals surface area (Å²) in [5.74, 6) is 0.578. The van der Waals surface area contributed by atoms with E-state index in [1.54, 1.807) is 6.20 Å². The Kier molecular flexibility index (Phi) is 5.79. The van der Waals surface area contributed by atoms with Crippen molar-refractivity contribution in [2.45, 2.75) is 50.6 Å². The number of amides is 1. The fourth-order valence-electron chi connectivity index (χ4n) is 3.31. The van der Waals surface area contributed by atoms with Crippen LogP contribution in [0.15, 0.2) is 54.7 Å². The van der Waals surface area contributed by atoms with Crippen LogP contribution in [-0.2, 0) is 4.79 Å². The predicted molar refractivity (Wildman–Crippen MR) is 99.8 cm³/mol. The highest BCUT2D eigenvalue weighted by Crippen LogP contribution is 2.29. The molecule has 1 aromatic carbocycles. The van der Waals surface area contributed by atoms with Gasteiger partial charge in [0.05, 0.1) is 0 Å². The molecule has 3 N–H and O–H groups in total. The largest absolute Gasteiger partial charge is 0.309 e. The third-order valence-corrected chi connectivity index (χ3v) is 4.88. The maximum absolute atomic E-state index is 13.0. The maximum atomic E-state index is 13.0. The first-order valence-corrected chi connectivity index (χ1v) is 9.00. The Morgan fingerprint density at radius 3 is 2.44 bits per heavy atom. The van der Waals surface area contributed by atoms with Crippen LogP contribution in [0.5, 0.6) is 0 Å². The summed E-state index contributed by atoms with van der Waals surface area (Å²) in [7, 11) is 0. The Hall–Kier alpha value is -2.24. The molecule has 0 spiro atoms. The van der Waals surface area contributed by atoms with Gasteiger partial charge in [0.15, 0.2) is 0 Å². The number of hydrogen-bond acceptors (Lipinski definition) is 4. The Labute approximate surface area is 149 Å². The molecule has 0 radical (unpaired) electrons. The highest BCUT2D eigenvalue weighted by molar-refractivity contribution is 5.97. The summed E-state index contributed by atoms with van der Waals surface area (Å²) in [6.07, 6.45) is 6.59. The van der Waals surface area contributed by atoms with Crippen molar-refractivity contribution < 1.29 is 4.79 Å². The van der Waals surface area contributed by atoms with Crippen LogP contribution in [0.1, 0.15) is 50.6 Å². The van der Waals surface area contributed by atoms with Crippen LogP contribution in [0.25, 0.3) is 0 Å².